The monoisotopic (exact) mass is 309 g/mol. The summed E-state index contributed by atoms with van der Waals surface area (Å²) >= 11 is 3.25. The number of hydrogen-bond donors (Lipinski definition) is 2. The van der Waals surface area contributed by atoms with Crippen molar-refractivity contribution in [2.24, 2.45) is 5.73 Å². The fourth-order valence-electron chi connectivity index (χ4n) is 1.79. The highest BCUT2D eigenvalue weighted by atomic mass is 79.9. The van der Waals surface area contributed by atoms with Crippen LogP contribution in [0.4, 0.5) is 4.39 Å². The lowest BCUT2D eigenvalue weighted by Gasteiger charge is -2.13. The molecule has 4 heteroatoms. The normalized spacial score (nSPS) is 12.4. The highest BCUT2D eigenvalue weighted by Crippen LogP contribution is 2.22. The number of aromatic hydroxyl groups is 1. The number of phenols is 1. The topological polar surface area (TPSA) is 46.2 Å². The number of nitrogens with two attached hydrogens (primary N) is 1. The second-order valence-corrected chi connectivity index (χ2v) is 5.10. The van der Waals surface area contributed by atoms with E-state index in [1.165, 1.54) is 12.1 Å². The van der Waals surface area contributed by atoms with Gasteiger partial charge in [0.1, 0.15) is 11.6 Å². The Morgan fingerprint density at radius 3 is 2.44 bits per heavy atom. The molecule has 0 saturated carbocycles. The lowest BCUT2D eigenvalue weighted by atomic mass is 9.99. The molecule has 0 aliphatic rings. The summed E-state index contributed by atoms with van der Waals surface area (Å²) in [6.07, 6.45) is 0.593. The van der Waals surface area contributed by atoms with Crippen LogP contribution in [0.15, 0.2) is 46.9 Å². The third-order valence-electron chi connectivity index (χ3n) is 2.70. The fourth-order valence-corrected chi connectivity index (χ4v) is 2.28. The van der Waals surface area contributed by atoms with Crippen LogP contribution in [0, 0.1) is 5.82 Å². The van der Waals surface area contributed by atoms with Gasteiger partial charge in [0, 0.05) is 10.5 Å². The maximum absolute atomic E-state index is 13.3. The van der Waals surface area contributed by atoms with E-state index in [4.69, 9.17) is 5.73 Å². The molecule has 2 aromatic rings. The number of benzene rings is 2. The Morgan fingerprint density at radius 2 is 1.83 bits per heavy atom. The first-order valence-electron chi connectivity index (χ1n) is 5.54. The van der Waals surface area contributed by atoms with Crippen molar-refractivity contribution in [1.29, 1.82) is 0 Å². The van der Waals surface area contributed by atoms with E-state index in [-0.39, 0.29) is 17.6 Å². The Labute approximate surface area is 113 Å². The standard InChI is InChI=1S/C14H13BrFNO/c15-11-6-10(7-12(16)8-11)14(17)5-9-1-3-13(18)4-2-9/h1-4,6-8,14,18H,5,17H2. The smallest absolute Gasteiger partial charge is 0.124 e. The van der Waals surface area contributed by atoms with Gasteiger partial charge in [-0.15, -0.1) is 0 Å². The molecule has 3 N–H and O–H groups in total. The first-order chi connectivity index (χ1) is 8.54. The second-order valence-electron chi connectivity index (χ2n) is 4.18. The minimum atomic E-state index is -0.305. The van der Waals surface area contributed by atoms with E-state index < -0.39 is 0 Å². The van der Waals surface area contributed by atoms with E-state index in [2.05, 4.69) is 15.9 Å². The third-order valence-corrected chi connectivity index (χ3v) is 3.16. The van der Waals surface area contributed by atoms with Crippen molar-refractivity contribution in [2.45, 2.75) is 12.5 Å². The predicted molar refractivity (Wildman–Crippen MR) is 72.8 cm³/mol. The first kappa shape index (κ1) is 13.1. The van der Waals surface area contributed by atoms with Crippen LogP contribution in [0.5, 0.6) is 5.75 Å². The lowest BCUT2D eigenvalue weighted by molar-refractivity contribution is 0.475. The molecule has 0 radical (unpaired) electrons. The predicted octanol–water partition coefficient (Wildman–Crippen LogP) is 3.54. The van der Waals surface area contributed by atoms with E-state index in [0.29, 0.717) is 10.9 Å². The van der Waals surface area contributed by atoms with Gasteiger partial charge in [-0.1, -0.05) is 28.1 Å². The summed E-state index contributed by atoms with van der Waals surface area (Å²) in [4.78, 5) is 0. The molecular formula is C14H13BrFNO. The molecule has 94 valence electrons. The largest absolute Gasteiger partial charge is 0.508 e. The molecule has 0 aromatic heterocycles. The van der Waals surface area contributed by atoms with Crippen molar-refractivity contribution in [3.8, 4) is 5.75 Å². The minimum Gasteiger partial charge on any atom is -0.508 e. The van der Waals surface area contributed by atoms with Crippen molar-refractivity contribution in [2.75, 3.05) is 0 Å². The number of rotatable bonds is 3. The molecular weight excluding hydrogens is 297 g/mol. The van der Waals surface area contributed by atoms with Crippen LogP contribution in [0.1, 0.15) is 17.2 Å². The van der Waals surface area contributed by atoms with Gasteiger partial charge in [0.05, 0.1) is 0 Å². The van der Waals surface area contributed by atoms with Crippen LogP contribution in [0.2, 0.25) is 0 Å². The molecule has 0 spiro atoms. The highest BCUT2D eigenvalue weighted by molar-refractivity contribution is 9.10. The maximum atomic E-state index is 13.3. The van der Waals surface area contributed by atoms with E-state index in [1.807, 2.05) is 18.2 Å². The molecule has 2 rings (SSSR count). The van der Waals surface area contributed by atoms with E-state index in [1.54, 1.807) is 12.1 Å². The van der Waals surface area contributed by atoms with Gasteiger partial charge in [0.2, 0.25) is 0 Å². The zero-order chi connectivity index (χ0) is 13.1. The van der Waals surface area contributed by atoms with Crippen LogP contribution < -0.4 is 5.73 Å². The summed E-state index contributed by atoms with van der Waals surface area (Å²) in [6.45, 7) is 0. The molecule has 0 amide bonds. The van der Waals surface area contributed by atoms with Gasteiger partial charge in [0.15, 0.2) is 0 Å². The SMILES string of the molecule is NC(Cc1ccc(O)cc1)c1cc(F)cc(Br)c1. The molecule has 2 nitrogen and oxygen atoms in total. The average Bonchev–Trinajstić information content (AvgIpc) is 2.31. The first-order valence-corrected chi connectivity index (χ1v) is 6.33. The third kappa shape index (κ3) is 3.31. The molecule has 18 heavy (non-hydrogen) atoms. The summed E-state index contributed by atoms with van der Waals surface area (Å²) in [5, 5.41) is 9.19. The van der Waals surface area contributed by atoms with Crippen molar-refractivity contribution >= 4 is 15.9 Å². The van der Waals surface area contributed by atoms with E-state index in [0.717, 1.165) is 11.1 Å². The lowest BCUT2D eigenvalue weighted by Crippen LogP contribution is -2.13. The van der Waals surface area contributed by atoms with Crippen molar-refractivity contribution in [3.63, 3.8) is 0 Å². The van der Waals surface area contributed by atoms with Gasteiger partial charge in [-0.3, -0.25) is 0 Å². The summed E-state index contributed by atoms with van der Waals surface area (Å²) in [6, 6.07) is 11.2. The quantitative estimate of drug-likeness (QED) is 0.911. The second kappa shape index (κ2) is 5.50. The van der Waals surface area contributed by atoms with E-state index >= 15 is 0 Å². The van der Waals surface area contributed by atoms with Crippen LogP contribution in [-0.2, 0) is 6.42 Å². The molecule has 0 saturated heterocycles. The molecule has 1 unspecified atom stereocenters. The molecule has 1 atom stereocenters. The molecule has 2 aromatic carbocycles. The molecule has 0 aliphatic carbocycles. The summed E-state index contributed by atoms with van der Waals surface area (Å²) in [5.41, 5.74) is 7.80. The number of hydrogen-bond acceptors (Lipinski definition) is 2. The molecule has 0 bridgehead atoms. The Balaban J connectivity index is 2.16. The fraction of sp³-hybridized carbons (Fsp3) is 0.143. The highest BCUT2D eigenvalue weighted by Gasteiger charge is 2.09. The van der Waals surface area contributed by atoms with Crippen molar-refractivity contribution in [1.82, 2.24) is 0 Å². The maximum Gasteiger partial charge on any atom is 0.124 e. The van der Waals surface area contributed by atoms with Gasteiger partial charge < -0.3 is 10.8 Å². The average molecular weight is 310 g/mol. The van der Waals surface area contributed by atoms with Crippen LogP contribution in [0.3, 0.4) is 0 Å². The van der Waals surface area contributed by atoms with Crippen molar-refractivity contribution in [3.05, 3.63) is 63.9 Å². The molecule has 0 heterocycles. The van der Waals surface area contributed by atoms with Crippen LogP contribution in [0.25, 0.3) is 0 Å². The zero-order valence-corrected chi connectivity index (χ0v) is 11.2. The van der Waals surface area contributed by atoms with Gasteiger partial charge in [0.25, 0.3) is 0 Å². The Kier molecular flexibility index (Phi) is 3.99. The van der Waals surface area contributed by atoms with Crippen molar-refractivity contribution < 1.29 is 9.50 Å². The Hall–Kier alpha value is -1.39. The molecule has 0 fully saturated rings. The van der Waals surface area contributed by atoms with E-state index in [9.17, 15) is 9.50 Å². The summed E-state index contributed by atoms with van der Waals surface area (Å²) < 4.78 is 13.9. The zero-order valence-electron chi connectivity index (χ0n) is 9.61. The van der Waals surface area contributed by atoms with Gasteiger partial charge in [-0.25, -0.2) is 4.39 Å². The van der Waals surface area contributed by atoms with Crippen LogP contribution in [-0.4, -0.2) is 5.11 Å². The van der Waals surface area contributed by atoms with Crippen LogP contribution >= 0.6 is 15.9 Å². The Bertz CT molecular complexity index is 522. The number of phenolic OH excluding ortho intramolecular Hbond substituents is 1. The van der Waals surface area contributed by atoms with Gasteiger partial charge in [-0.2, -0.15) is 0 Å². The summed E-state index contributed by atoms with van der Waals surface area (Å²) in [5.74, 6) is -0.0821. The van der Waals surface area contributed by atoms with Gasteiger partial charge in [-0.05, 0) is 47.9 Å². The minimum absolute atomic E-state index is 0.223. The summed E-state index contributed by atoms with van der Waals surface area (Å²) in [7, 11) is 0. The Morgan fingerprint density at radius 1 is 1.17 bits per heavy atom. The van der Waals surface area contributed by atoms with Gasteiger partial charge >= 0.3 is 0 Å². The molecule has 0 aliphatic heterocycles. The number of halogens is 2.